The van der Waals surface area contributed by atoms with Crippen LogP contribution < -0.4 is 5.32 Å². The second-order valence-electron chi connectivity index (χ2n) is 7.98. The molecule has 0 atom stereocenters. The van der Waals surface area contributed by atoms with E-state index in [0.717, 1.165) is 12.8 Å². The van der Waals surface area contributed by atoms with Crippen molar-refractivity contribution in [3.8, 4) is 6.07 Å². The zero-order valence-electron chi connectivity index (χ0n) is 14.0. The Morgan fingerprint density at radius 3 is 2.00 bits per heavy atom. The zero-order valence-corrected chi connectivity index (χ0v) is 14.0. The summed E-state index contributed by atoms with van der Waals surface area (Å²) in [5.74, 6) is -0.0801. The summed E-state index contributed by atoms with van der Waals surface area (Å²) >= 11 is 0. The van der Waals surface area contributed by atoms with E-state index in [4.69, 9.17) is 0 Å². The topological polar surface area (TPSA) is 52.9 Å². The Morgan fingerprint density at radius 1 is 1.20 bits per heavy atom. The van der Waals surface area contributed by atoms with E-state index < -0.39 is 5.41 Å². The molecule has 1 rings (SSSR count). The highest BCUT2D eigenvalue weighted by atomic mass is 16.2. The van der Waals surface area contributed by atoms with Crippen molar-refractivity contribution in [1.29, 1.82) is 5.26 Å². The Morgan fingerprint density at radius 2 is 1.65 bits per heavy atom. The number of nitriles is 1. The van der Waals surface area contributed by atoms with Crippen molar-refractivity contribution in [3.05, 3.63) is 0 Å². The summed E-state index contributed by atoms with van der Waals surface area (Å²) < 4.78 is 0. The molecule has 0 aliphatic heterocycles. The van der Waals surface area contributed by atoms with Crippen LogP contribution in [0.3, 0.4) is 0 Å². The van der Waals surface area contributed by atoms with Gasteiger partial charge in [0.1, 0.15) is 5.41 Å². The third kappa shape index (κ3) is 3.75. The first-order valence-electron chi connectivity index (χ1n) is 7.82. The largest absolute Gasteiger partial charge is 0.352 e. The molecular weight excluding hydrogens is 248 g/mol. The van der Waals surface area contributed by atoms with Crippen LogP contribution in [0.25, 0.3) is 0 Å². The highest BCUT2D eigenvalue weighted by Gasteiger charge is 2.42. The summed E-state index contributed by atoms with van der Waals surface area (Å²) in [5.41, 5.74) is -0.368. The van der Waals surface area contributed by atoms with E-state index in [-0.39, 0.29) is 22.8 Å². The lowest BCUT2D eigenvalue weighted by molar-refractivity contribution is -0.130. The van der Waals surface area contributed by atoms with Crippen LogP contribution in [-0.4, -0.2) is 11.9 Å². The minimum absolute atomic E-state index is 0.0801. The van der Waals surface area contributed by atoms with Crippen LogP contribution in [0, 0.1) is 27.6 Å². The van der Waals surface area contributed by atoms with Crippen LogP contribution in [0.5, 0.6) is 0 Å². The summed E-state index contributed by atoms with van der Waals surface area (Å²) in [5, 5.41) is 12.5. The maximum Gasteiger partial charge on any atom is 0.240 e. The van der Waals surface area contributed by atoms with Gasteiger partial charge in [0.15, 0.2) is 0 Å². The zero-order chi connectivity index (χ0) is 15.6. The molecule has 0 aromatic rings. The van der Waals surface area contributed by atoms with Crippen LogP contribution >= 0.6 is 0 Å². The van der Waals surface area contributed by atoms with Gasteiger partial charge in [-0.3, -0.25) is 4.79 Å². The van der Waals surface area contributed by atoms with Crippen LogP contribution in [0.1, 0.15) is 73.6 Å². The van der Waals surface area contributed by atoms with Crippen LogP contribution in [-0.2, 0) is 4.79 Å². The molecule has 0 saturated heterocycles. The highest BCUT2D eigenvalue weighted by molar-refractivity contribution is 5.85. The Kier molecular flexibility index (Phi) is 4.90. The van der Waals surface area contributed by atoms with Gasteiger partial charge in [0, 0.05) is 6.04 Å². The minimum atomic E-state index is -0.855. The SMILES string of the molecule is CCC(C#N)(CC)C(=O)NC1CC(C)(C)CC(C)(C)C1. The molecule has 0 aromatic carbocycles. The molecule has 1 fully saturated rings. The van der Waals surface area contributed by atoms with Crippen molar-refractivity contribution < 1.29 is 4.79 Å². The quantitative estimate of drug-likeness (QED) is 0.843. The molecule has 0 unspecified atom stereocenters. The van der Waals surface area contributed by atoms with Gasteiger partial charge in [0.25, 0.3) is 0 Å². The fraction of sp³-hybridized carbons (Fsp3) is 0.882. The molecule has 20 heavy (non-hydrogen) atoms. The highest BCUT2D eigenvalue weighted by Crippen LogP contribution is 2.45. The predicted molar refractivity (Wildman–Crippen MR) is 82.0 cm³/mol. The molecule has 0 bridgehead atoms. The van der Waals surface area contributed by atoms with E-state index in [2.05, 4.69) is 39.1 Å². The maximum atomic E-state index is 12.5. The van der Waals surface area contributed by atoms with Gasteiger partial charge in [-0.2, -0.15) is 5.26 Å². The standard InChI is InChI=1S/C17H30N2O/c1-7-17(8-2,12-18)14(20)19-13-9-15(3,4)11-16(5,6)10-13/h13H,7-11H2,1-6H3,(H,19,20). The van der Waals surface area contributed by atoms with Crippen molar-refractivity contribution >= 4 is 5.91 Å². The number of nitrogens with zero attached hydrogens (tertiary/aromatic N) is 1. The van der Waals surface area contributed by atoms with Gasteiger partial charge in [-0.05, 0) is 42.9 Å². The number of carbonyl (C=O) groups is 1. The van der Waals surface area contributed by atoms with Gasteiger partial charge in [0.05, 0.1) is 6.07 Å². The number of nitrogens with one attached hydrogen (secondary N) is 1. The smallest absolute Gasteiger partial charge is 0.240 e. The van der Waals surface area contributed by atoms with Gasteiger partial charge < -0.3 is 5.32 Å². The van der Waals surface area contributed by atoms with Crippen LogP contribution in [0.2, 0.25) is 0 Å². The van der Waals surface area contributed by atoms with Gasteiger partial charge in [-0.15, -0.1) is 0 Å². The first-order chi connectivity index (χ1) is 9.10. The Bertz CT molecular complexity index is 384. The van der Waals surface area contributed by atoms with E-state index >= 15 is 0 Å². The monoisotopic (exact) mass is 278 g/mol. The van der Waals surface area contributed by atoms with Crippen molar-refractivity contribution in [2.75, 3.05) is 0 Å². The molecule has 1 saturated carbocycles. The van der Waals surface area contributed by atoms with E-state index in [1.165, 1.54) is 6.42 Å². The predicted octanol–water partition coefficient (Wildman–Crippen LogP) is 4.04. The van der Waals surface area contributed by atoms with Crippen LogP contribution in [0.4, 0.5) is 0 Å². The Balaban J connectivity index is 2.83. The maximum absolute atomic E-state index is 12.5. The van der Waals surface area contributed by atoms with Crippen LogP contribution in [0.15, 0.2) is 0 Å². The molecule has 1 aliphatic rings. The first kappa shape index (κ1) is 17.0. The molecule has 0 heterocycles. The van der Waals surface area contributed by atoms with Gasteiger partial charge in [-0.1, -0.05) is 41.5 Å². The van der Waals surface area contributed by atoms with Gasteiger partial charge >= 0.3 is 0 Å². The average Bonchev–Trinajstić information content (AvgIpc) is 2.27. The minimum Gasteiger partial charge on any atom is -0.352 e. The van der Waals surface area contributed by atoms with Crippen molar-refractivity contribution in [3.63, 3.8) is 0 Å². The third-order valence-corrected chi connectivity index (χ3v) is 4.75. The summed E-state index contributed by atoms with van der Waals surface area (Å²) in [6.45, 7) is 12.9. The van der Waals surface area contributed by atoms with Gasteiger partial charge in [-0.25, -0.2) is 0 Å². The fourth-order valence-corrected chi connectivity index (χ4v) is 4.05. The van der Waals surface area contributed by atoms with Crippen molar-refractivity contribution in [2.45, 2.75) is 79.7 Å². The van der Waals surface area contributed by atoms with Gasteiger partial charge in [0.2, 0.25) is 5.91 Å². The Hall–Kier alpha value is -1.04. The molecular formula is C17H30N2O. The van der Waals surface area contributed by atoms with E-state index in [9.17, 15) is 10.1 Å². The Labute approximate surface area is 124 Å². The molecule has 0 radical (unpaired) electrons. The molecule has 1 N–H and O–H groups in total. The number of hydrogen-bond donors (Lipinski definition) is 1. The second-order valence-corrected chi connectivity index (χ2v) is 7.98. The summed E-state index contributed by atoms with van der Waals surface area (Å²) in [6.07, 6.45) is 4.32. The molecule has 0 aromatic heterocycles. The lowest BCUT2D eigenvalue weighted by Crippen LogP contribution is -2.50. The van der Waals surface area contributed by atoms with E-state index in [0.29, 0.717) is 12.8 Å². The first-order valence-corrected chi connectivity index (χ1v) is 7.82. The molecule has 1 amide bonds. The fourth-order valence-electron chi connectivity index (χ4n) is 4.05. The van der Waals surface area contributed by atoms with E-state index in [1.54, 1.807) is 0 Å². The lowest BCUT2D eigenvalue weighted by Gasteiger charge is -2.45. The van der Waals surface area contributed by atoms with Crippen molar-refractivity contribution in [2.24, 2.45) is 16.2 Å². The van der Waals surface area contributed by atoms with Crippen molar-refractivity contribution in [1.82, 2.24) is 5.32 Å². The molecule has 3 nitrogen and oxygen atoms in total. The average molecular weight is 278 g/mol. The van der Waals surface area contributed by atoms with E-state index in [1.807, 2.05) is 13.8 Å². The number of rotatable bonds is 4. The number of amides is 1. The molecule has 0 spiro atoms. The summed E-state index contributed by atoms with van der Waals surface area (Å²) in [4.78, 5) is 12.5. The summed E-state index contributed by atoms with van der Waals surface area (Å²) in [7, 11) is 0. The number of hydrogen-bond acceptors (Lipinski definition) is 2. The third-order valence-electron chi connectivity index (χ3n) is 4.75. The lowest BCUT2D eigenvalue weighted by atomic mass is 9.63. The molecule has 1 aliphatic carbocycles. The molecule has 3 heteroatoms. The normalized spacial score (nSPS) is 22.1. The number of carbonyl (C=O) groups excluding carboxylic acids is 1. The summed E-state index contributed by atoms with van der Waals surface area (Å²) in [6, 6.07) is 2.42. The molecule has 114 valence electrons. The second kappa shape index (κ2) is 5.76.